The number of anilines is 2. The fourth-order valence-electron chi connectivity index (χ4n) is 1.36. The molecule has 1 aromatic carbocycles. The van der Waals surface area contributed by atoms with Crippen LogP contribution in [-0.2, 0) is 0 Å². The highest BCUT2D eigenvalue weighted by atomic mass is 35.5. The van der Waals surface area contributed by atoms with Gasteiger partial charge in [-0.1, -0.05) is 11.6 Å². The lowest BCUT2D eigenvalue weighted by Gasteiger charge is -2.06. The van der Waals surface area contributed by atoms with Crippen molar-refractivity contribution in [3.05, 3.63) is 40.5 Å². The second-order valence-corrected chi connectivity index (χ2v) is 3.87. The molecule has 90 valence electrons. The van der Waals surface area contributed by atoms with Crippen LogP contribution in [0, 0.1) is 11.3 Å². The van der Waals surface area contributed by atoms with Crippen molar-refractivity contribution in [3.63, 3.8) is 0 Å². The first-order valence-electron chi connectivity index (χ1n) is 4.91. The number of carbonyl (C=O) groups is 1. The molecule has 0 saturated heterocycles. The Kier molecular flexibility index (Phi) is 3.17. The number of nitrogens with zero attached hydrogens (tertiary/aromatic N) is 2. The number of amides is 1. The zero-order valence-corrected chi connectivity index (χ0v) is 9.82. The highest BCUT2D eigenvalue weighted by Crippen LogP contribution is 2.20. The lowest BCUT2D eigenvalue weighted by molar-refractivity contribution is 0.102. The van der Waals surface area contributed by atoms with E-state index in [-0.39, 0.29) is 22.0 Å². The van der Waals surface area contributed by atoms with E-state index < -0.39 is 5.91 Å². The largest absolute Gasteiger partial charge is 0.399 e. The van der Waals surface area contributed by atoms with Crippen molar-refractivity contribution in [2.75, 3.05) is 11.1 Å². The van der Waals surface area contributed by atoms with Crippen LogP contribution in [0.15, 0.2) is 24.4 Å². The minimum absolute atomic E-state index is 0.223. The Balaban J connectivity index is 2.28. The molecule has 0 unspecified atom stereocenters. The minimum Gasteiger partial charge on any atom is -0.399 e. The highest BCUT2D eigenvalue weighted by molar-refractivity contribution is 6.34. The van der Waals surface area contributed by atoms with Gasteiger partial charge in [0.25, 0.3) is 5.91 Å². The molecule has 0 radical (unpaired) electrons. The predicted molar refractivity (Wildman–Crippen MR) is 67.1 cm³/mol. The van der Waals surface area contributed by atoms with E-state index in [2.05, 4.69) is 15.5 Å². The number of halogens is 1. The van der Waals surface area contributed by atoms with Crippen LogP contribution in [0.4, 0.5) is 11.5 Å². The average molecular weight is 262 g/mol. The lowest BCUT2D eigenvalue weighted by atomic mass is 10.2. The van der Waals surface area contributed by atoms with Crippen LogP contribution in [0.2, 0.25) is 5.02 Å². The number of hydrogen-bond acceptors (Lipinski definition) is 4. The summed E-state index contributed by atoms with van der Waals surface area (Å²) in [4.78, 5) is 11.9. The topological polar surface area (TPSA) is 108 Å². The number of nitrogens with two attached hydrogens (primary N) is 1. The molecule has 4 N–H and O–H groups in total. The number of hydrogen-bond donors (Lipinski definition) is 3. The molecule has 0 fully saturated rings. The summed E-state index contributed by atoms with van der Waals surface area (Å²) in [5.41, 5.74) is 6.48. The lowest BCUT2D eigenvalue weighted by Crippen LogP contribution is -2.14. The summed E-state index contributed by atoms with van der Waals surface area (Å²) in [6, 6.07) is 6.48. The smallest absolute Gasteiger partial charge is 0.258 e. The van der Waals surface area contributed by atoms with E-state index in [1.54, 1.807) is 6.07 Å². The summed E-state index contributed by atoms with van der Waals surface area (Å²) in [6.07, 6.45) is 1.32. The quantitative estimate of drug-likeness (QED) is 0.716. The maximum Gasteiger partial charge on any atom is 0.258 e. The Hall–Kier alpha value is -2.52. The fraction of sp³-hybridized carbons (Fsp3) is 0. The van der Waals surface area contributed by atoms with Gasteiger partial charge in [-0.2, -0.15) is 10.4 Å². The molecule has 0 spiro atoms. The van der Waals surface area contributed by atoms with Gasteiger partial charge < -0.3 is 11.1 Å². The second-order valence-electron chi connectivity index (χ2n) is 3.46. The average Bonchev–Trinajstić information content (AvgIpc) is 2.79. The van der Waals surface area contributed by atoms with Gasteiger partial charge in [-0.25, -0.2) is 0 Å². The van der Waals surface area contributed by atoms with E-state index in [4.69, 9.17) is 22.6 Å². The van der Waals surface area contributed by atoms with E-state index in [1.165, 1.54) is 18.3 Å². The van der Waals surface area contributed by atoms with Crippen molar-refractivity contribution < 1.29 is 4.79 Å². The molecule has 0 aliphatic carbocycles. The van der Waals surface area contributed by atoms with Gasteiger partial charge in [-0.3, -0.25) is 9.89 Å². The Morgan fingerprint density at radius 2 is 2.33 bits per heavy atom. The number of nitriles is 1. The molecule has 1 heterocycles. The van der Waals surface area contributed by atoms with Crippen LogP contribution in [0.1, 0.15) is 15.9 Å². The molecule has 0 atom stereocenters. The van der Waals surface area contributed by atoms with Gasteiger partial charge in [-0.05, 0) is 18.2 Å². The first kappa shape index (κ1) is 12.0. The van der Waals surface area contributed by atoms with Gasteiger partial charge in [0.15, 0.2) is 0 Å². The van der Waals surface area contributed by atoms with Crippen molar-refractivity contribution in [1.29, 1.82) is 5.26 Å². The summed E-state index contributed by atoms with van der Waals surface area (Å²) < 4.78 is 0. The van der Waals surface area contributed by atoms with Crippen molar-refractivity contribution in [2.45, 2.75) is 0 Å². The van der Waals surface area contributed by atoms with Crippen molar-refractivity contribution in [3.8, 4) is 6.07 Å². The number of carbonyl (C=O) groups excluding carboxylic acids is 1. The van der Waals surface area contributed by atoms with Crippen LogP contribution < -0.4 is 11.1 Å². The Morgan fingerprint density at radius 1 is 1.56 bits per heavy atom. The summed E-state index contributed by atoms with van der Waals surface area (Å²) in [7, 11) is 0. The van der Waals surface area contributed by atoms with Crippen LogP contribution in [0.25, 0.3) is 0 Å². The first-order chi connectivity index (χ1) is 8.61. The standard InChI is InChI=1S/C11H8ClN5O/c12-9-2-1-7(14)3-8(9)11(18)16-10-6(4-13)5-15-17-10/h1-3,5H,14H2,(H2,15,16,17,18). The molecule has 0 aliphatic rings. The predicted octanol–water partition coefficient (Wildman–Crippen LogP) is 1.77. The molecule has 2 aromatic rings. The summed E-state index contributed by atoms with van der Waals surface area (Å²) >= 11 is 5.90. The van der Waals surface area contributed by atoms with E-state index in [0.29, 0.717) is 5.69 Å². The number of nitrogen functional groups attached to an aromatic ring is 1. The summed E-state index contributed by atoms with van der Waals surface area (Å²) in [5.74, 6) is -0.242. The zero-order chi connectivity index (χ0) is 13.1. The van der Waals surface area contributed by atoms with Crippen molar-refractivity contribution >= 4 is 29.0 Å². The summed E-state index contributed by atoms with van der Waals surface area (Å²) in [6.45, 7) is 0. The molecule has 6 nitrogen and oxygen atoms in total. The number of aromatic amines is 1. The van der Waals surface area contributed by atoms with Gasteiger partial charge in [0.05, 0.1) is 16.8 Å². The highest BCUT2D eigenvalue weighted by Gasteiger charge is 2.13. The van der Waals surface area contributed by atoms with E-state index in [0.717, 1.165) is 0 Å². The van der Waals surface area contributed by atoms with Gasteiger partial charge in [-0.15, -0.1) is 0 Å². The number of nitrogens with one attached hydrogen (secondary N) is 2. The monoisotopic (exact) mass is 261 g/mol. The number of H-pyrrole nitrogens is 1. The zero-order valence-electron chi connectivity index (χ0n) is 9.07. The maximum absolute atomic E-state index is 11.9. The van der Waals surface area contributed by atoms with E-state index in [9.17, 15) is 4.79 Å². The Bertz CT molecular complexity index is 643. The van der Waals surface area contributed by atoms with Crippen LogP contribution in [0.3, 0.4) is 0 Å². The number of rotatable bonds is 2. The molecule has 2 rings (SSSR count). The Morgan fingerprint density at radius 3 is 3.06 bits per heavy atom. The molecule has 0 bridgehead atoms. The maximum atomic E-state index is 11.9. The molecule has 0 aliphatic heterocycles. The molecule has 1 aromatic heterocycles. The Labute approximate surface area is 107 Å². The van der Waals surface area contributed by atoms with Gasteiger partial charge in [0, 0.05) is 5.69 Å². The summed E-state index contributed by atoms with van der Waals surface area (Å²) in [5, 5.41) is 17.7. The van der Waals surface area contributed by atoms with Crippen molar-refractivity contribution in [1.82, 2.24) is 10.2 Å². The van der Waals surface area contributed by atoms with Gasteiger partial charge in [0.2, 0.25) is 0 Å². The molecular weight excluding hydrogens is 254 g/mol. The van der Waals surface area contributed by atoms with E-state index in [1.807, 2.05) is 6.07 Å². The molecule has 1 amide bonds. The number of benzene rings is 1. The van der Waals surface area contributed by atoms with Crippen LogP contribution in [-0.4, -0.2) is 16.1 Å². The van der Waals surface area contributed by atoms with Gasteiger partial charge >= 0.3 is 0 Å². The third-order valence-electron chi connectivity index (χ3n) is 2.23. The minimum atomic E-state index is -0.465. The second kappa shape index (κ2) is 4.77. The van der Waals surface area contributed by atoms with Gasteiger partial charge in [0.1, 0.15) is 17.5 Å². The molecule has 18 heavy (non-hydrogen) atoms. The van der Waals surface area contributed by atoms with Crippen LogP contribution in [0.5, 0.6) is 0 Å². The third kappa shape index (κ3) is 2.26. The normalized spacial score (nSPS) is 9.78. The SMILES string of the molecule is N#Cc1cn[nH]c1NC(=O)c1cc(N)ccc1Cl. The van der Waals surface area contributed by atoms with Crippen LogP contribution >= 0.6 is 11.6 Å². The fourth-order valence-corrected chi connectivity index (χ4v) is 1.57. The first-order valence-corrected chi connectivity index (χ1v) is 5.29. The molecule has 0 saturated carbocycles. The van der Waals surface area contributed by atoms with Crippen molar-refractivity contribution in [2.24, 2.45) is 0 Å². The third-order valence-corrected chi connectivity index (χ3v) is 2.56. The molecular formula is C11H8ClN5O. The molecule has 7 heteroatoms. The van der Waals surface area contributed by atoms with E-state index >= 15 is 0 Å². The number of aromatic nitrogens is 2.